The van der Waals surface area contributed by atoms with Crippen LogP contribution in [-0.2, 0) is 4.79 Å². The molecule has 3 aromatic rings. The number of carbonyl (C=O) groups excluding carboxylic acids is 2. The summed E-state index contributed by atoms with van der Waals surface area (Å²) in [5.74, 6) is -0.239. The van der Waals surface area contributed by atoms with Crippen LogP contribution in [0.3, 0.4) is 0 Å². The Morgan fingerprint density at radius 1 is 1.00 bits per heavy atom. The largest absolute Gasteiger partial charge is 0.399 e. The number of nitrogen functional groups attached to an aromatic ring is 1. The molecule has 0 saturated carbocycles. The maximum absolute atomic E-state index is 12.6. The van der Waals surface area contributed by atoms with E-state index in [-0.39, 0.29) is 11.8 Å². The van der Waals surface area contributed by atoms with Crippen LogP contribution in [-0.4, -0.2) is 18.9 Å². The van der Waals surface area contributed by atoms with E-state index in [0.29, 0.717) is 16.8 Å². The molecule has 0 atom stereocenters. The van der Waals surface area contributed by atoms with Gasteiger partial charge in [0.15, 0.2) is 0 Å². The molecule has 2 amide bonds. The van der Waals surface area contributed by atoms with Gasteiger partial charge in [0.1, 0.15) is 0 Å². The monoisotopic (exact) mass is 398 g/mol. The summed E-state index contributed by atoms with van der Waals surface area (Å²) in [5, 5.41) is 6.13. The maximum atomic E-state index is 12.6. The first-order valence-electron chi connectivity index (χ1n) is 9.56. The molecule has 0 unspecified atom stereocenters. The predicted octanol–water partition coefficient (Wildman–Crippen LogP) is 4.34. The normalized spacial score (nSPS) is 14.0. The number of benzene rings is 3. The van der Waals surface area contributed by atoms with Crippen LogP contribution in [0, 0.1) is 0 Å². The number of hydrogen-bond acceptors (Lipinski definition) is 4. The lowest BCUT2D eigenvalue weighted by Crippen LogP contribution is -2.26. The summed E-state index contributed by atoms with van der Waals surface area (Å²) in [7, 11) is 1.75. The van der Waals surface area contributed by atoms with Crippen molar-refractivity contribution in [2.24, 2.45) is 0 Å². The van der Waals surface area contributed by atoms with Crippen molar-refractivity contribution < 1.29 is 9.59 Å². The minimum Gasteiger partial charge on any atom is -0.399 e. The lowest BCUT2D eigenvalue weighted by atomic mass is 10.0. The minimum absolute atomic E-state index is 0.0774. The second-order valence-electron chi connectivity index (χ2n) is 7.16. The van der Waals surface area contributed by atoms with Crippen LogP contribution in [0.1, 0.15) is 22.8 Å². The van der Waals surface area contributed by atoms with Crippen molar-refractivity contribution in [3.8, 4) is 0 Å². The third-order valence-electron chi connectivity index (χ3n) is 5.08. The van der Waals surface area contributed by atoms with Gasteiger partial charge in [0, 0.05) is 46.6 Å². The molecule has 3 aromatic carbocycles. The molecule has 0 bridgehead atoms. The zero-order valence-electron chi connectivity index (χ0n) is 16.8. The number of anilines is 4. The quantitative estimate of drug-likeness (QED) is 0.451. The smallest absolute Gasteiger partial charge is 0.258 e. The van der Waals surface area contributed by atoms with Crippen LogP contribution in [0.4, 0.5) is 22.7 Å². The predicted molar refractivity (Wildman–Crippen MR) is 121 cm³/mol. The molecular formula is C24H22N4O2. The fourth-order valence-corrected chi connectivity index (χ4v) is 3.50. The highest BCUT2D eigenvalue weighted by Crippen LogP contribution is 2.35. The molecule has 150 valence electrons. The zero-order valence-corrected chi connectivity index (χ0v) is 16.8. The fourth-order valence-electron chi connectivity index (χ4n) is 3.50. The molecule has 1 aliphatic rings. The molecule has 0 fully saturated rings. The number of carbonyl (C=O) groups is 2. The first kappa shape index (κ1) is 19.3. The van der Waals surface area contributed by atoms with E-state index in [1.807, 2.05) is 49.4 Å². The molecule has 6 heteroatoms. The summed E-state index contributed by atoms with van der Waals surface area (Å²) < 4.78 is 0. The molecule has 0 saturated heterocycles. The van der Waals surface area contributed by atoms with Gasteiger partial charge in [-0.2, -0.15) is 0 Å². The Balaban J connectivity index is 1.54. The molecule has 0 spiro atoms. The topological polar surface area (TPSA) is 87.5 Å². The SMILES string of the molecule is CC(Nc1ccc(N(C)C(=O)c2ccccc2)cc1)=C1C(=O)Nc2ccc(N)cc21. The third kappa shape index (κ3) is 3.63. The highest BCUT2D eigenvalue weighted by molar-refractivity contribution is 6.32. The van der Waals surface area contributed by atoms with Crippen molar-refractivity contribution in [1.29, 1.82) is 0 Å². The average molecular weight is 398 g/mol. The Labute approximate surface area is 175 Å². The summed E-state index contributed by atoms with van der Waals surface area (Å²) in [4.78, 5) is 26.6. The average Bonchev–Trinajstić information content (AvgIpc) is 3.08. The van der Waals surface area contributed by atoms with Crippen LogP contribution in [0.25, 0.3) is 5.57 Å². The van der Waals surface area contributed by atoms with Crippen LogP contribution in [0.5, 0.6) is 0 Å². The van der Waals surface area contributed by atoms with E-state index in [2.05, 4.69) is 10.6 Å². The fraction of sp³-hybridized carbons (Fsp3) is 0.0833. The standard InChI is InChI=1S/C24H22N4O2/c1-15(22-20-14-17(25)8-13-21(20)27-23(22)29)26-18-9-11-19(12-10-18)28(2)24(30)16-6-4-3-5-7-16/h3-14,26H,25H2,1-2H3,(H,27,29). The number of amides is 2. The molecule has 1 aliphatic heterocycles. The first-order valence-corrected chi connectivity index (χ1v) is 9.56. The van der Waals surface area contributed by atoms with Crippen molar-refractivity contribution >= 4 is 40.1 Å². The Kier molecular flexibility index (Phi) is 4.98. The van der Waals surface area contributed by atoms with Crippen molar-refractivity contribution in [1.82, 2.24) is 0 Å². The van der Waals surface area contributed by atoms with E-state index in [0.717, 1.165) is 28.3 Å². The van der Waals surface area contributed by atoms with Gasteiger partial charge in [0.05, 0.1) is 5.57 Å². The van der Waals surface area contributed by atoms with Crippen molar-refractivity contribution in [3.05, 3.63) is 89.6 Å². The number of nitrogens with two attached hydrogens (primary N) is 1. The van der Waals surface area contributed by atoms with E-state index in [1.54, 1.807) is 42.3 Å². The summed E-state index contributed by atoms with van der Waals surface area (Å²) in [6.07, 6.45) is 0. The molecule has 30 heavy (non-hydrogen) atoms. The number of rotatable bonds is 4. The summed E-state index contributed by atoms with van der Waals surface area (Å²) in [6, 6.07) is 22.0. The highest BCUT2D eigenvalue weighted by Gasteiger charge is 2.26. The highest BCUT2D eigenvalue weighted by atomic mass is 16.2. The maximum Gasteiger partial charge on any atom is 0.258 e. The van der Waals surface area contributed by atoms with E-state index in [9.17, 15) is 9.59 Å². The van der Waals surface area contributed by atoms with Crippen LogP contribution >= 0.6 is 0 Å². The van der Waals surface area contributed by atoms with Gasteiger partial charge in [-0.1, -0.05) is 18.2 Å². The molecule has 0 aliphatic carbocycles. The van der Waals surface area contributed by atoms with Gasteiger partial charge in [0.2, 0.25) is 0 Å². The van der Waals surface area contributed by atoms with Crippen LogP contribution in [0.15, 0.2) is 78.5 Å². The summed E-state index contributed by atoms with van der Waals surface area (Å²) in [5.41, 5.74) is 11.5. The van der Waals surface area contributed by atoms with Crippen molar-refractivity contribution in [3.63, 3.8) is 0 Å². The Hall–Kier alpha value is -4.06. The molecule has 6 nitrogen and oxygen atoms in total. The number of hydrogen-bond donors (Lipinski definition) is 3. The van der Waals surface area contributed by atoms with Crippen molar-refractivity contribution in [2.75, 3.05) is 28.3 Å². The van der Waals surface area contributed by atoms with Crippen LogP contribution in [0.2, 0.25) is 0 Å². The third-order valence-corrected chi connectivity index (χ3v) is 5.08. The van der Waals surface area contributed by atoms with Gasteiger partial charge >= 0.3 is 0 Å². The summed E-state index contributed by atoms with van der Waals surface area (Å²) >= 11 is 0. The number of nitrogens with one attached hydrogen (secondary N) is 2. The van der Waals surface area contributed by atoms with Gasteiger partial charge in [-0.15, -0.1) is 0 Å². The lowest BCUT2D eigenvalue weighted by molar-refractivity contribution is -0.110. The van der Waals surface area contributed by atoms with Gasteiger partial charge in [0.25, 0.3) is 11.8 Å². The molecule has 0 aromatic heterocycles. The van der Waals surface area contributed by atoms with Gasteiger partial charge in [-0.05, 0) is 61.5 Å². The van der Waals surface area contributed by atoms with Gasteiger partial charge < -0.3 is 21.3 Å². The van der Waals surface area contributed by atoms with Gasteiger partial charge in [-0.3, -0.25) is 9.59 Å². The molecular weight excluding hydrogens is 376 g/mol. The first-order chi connectivity index (χ1) is 14.4. The molecule has 0 radical (unpaired) electrons. The summed E-state index contributed by atoms with van der Waals surface area (Å²) in [6.45, 7) is 1.85. The molecule has 4 N–H and O–H groups in total. The Morgan fingerprint density at radius 3 is 2.40 bits per heavy atom. The number of allylic oxidation sites excluding steroid dienone is 1. The van der Waals surface area contributed by atoms with E-state index in [4.69, 9.17) is 5.73 Å². The zero-order chi connectivity index (χ0) is 21.3. The number of fused-ring (bicyclic) bond motifs is 1. The van der Waals surface area contributed by atoms with E-state index in [1.165, 1.54) is 0 Å². The Bertz CT molecular complexity index is 1150. The minimum atomic E-state index is -0.162. The second-order valence-corrected chi connectivity index (χ2v) is 7.16. The van der Waals surface area contributed by atoms with E-state index < -0.39 is 0 Å². The molecule has 1 heterocycles. The van der Waals surface area contributed by atoms with Crippen molar-refractivity contribution in [2.45, 2.75) is 6.92 Å². The molecule has 4 rings (SSSR count). The Morgan fingerprint density at radius 2 is 1.70 bits per heavy atom. The second kappa shape index (κ2) is 7.75. The van der Waals surface area contributed by atoms with Crippen LogP contribution < -0.4 is 21.3 Å². The van der Waals surface area contributed by atoms with E-state index >= 15 is 0 Å². The van der Waals surface area contributed by atoms with Gasteiger partial charge in [-0.25, -0.2) is 0 Å². The number of nitrogens with zero attached hydrogens (tertiary/aromatic N) is 1. The lowest BCUT2D eigenvalue weighted by Gasteiger charge is -2.18.